The molecule has 2 N–H and O–H groups in total. The van der Waals surface area contributed by atoms with Crippen molar-refractivity contribution in [2.45, 2.75) is 25.8 Å². The molecule has 0 saturated heterocycles. The fourth-order valence-corrected chi connectivity index (χ4v) is 1.76. The van der Waals surface area contributed by atoms with E-state index in [1.807, 2.05) is 37.3 Å². The van der Waals surface area contributed by atoms with Crippen LogP contribution in [0.1, 0.15) is 18.9 Å². The summed E-state index contributed by atoms with van der Waals surface area (Å²) in [6.07, 6.45) is 3.02. The second-order valence-electron chi connectivity index (χ2n) is 4.50. The molecule has 0 heterocycles. The minimum absolute atomic E-state index is 0.0371. The number of benzene rings is 1. The third-order valence-corrected chi connectivity index (χ3v) is 2.86. The molecule has 2 atom stereocenters. The van der Waals surface area contributed by atoms with E-state index in [0.717, 1.165) is 5.56 Å². The molecule has 0 bridgehead atoms. The molecule has 0 aliphatic heterocycles. The molecule has 0 fully saturated rings. The Morgan fingerprint density at radius 1 is 1.44 bits per heavy atom. The first-order chi connectivity index (χ1) is 8.67. The van der Waals surface area contributed by atoms with Crippen LogP contribution >= 0.6 is 0 Å². The maximum Gasteiger partial charge on any atom is 0.223 e. The Morgan fingerprint density at radius 3 is 2.67 bits per heavy atom. The van der Waals surface area contributed by atoms with Gasteiger partial charge in [-0.25, -0.2) is 0 Å². The van der Waals surface area contributed by atoms with Crippen molar-refractivity contribution in [2.24, 2.45) is 5.92 Å². The van der Waals surface area contributed by atoms with Gasteiger partial charge in [0.25, 0.3) is 0 Å². The zero-order valence-corrected chi connectivity index (χ0v) is 10.8. The van der Waals surface area contributed by atoms with Gasteiger partial charge in [-0.3, -0.25) is 4.79 Å². The van der Waals surface area contributed by atoms with Crippen LogP contribution in [-0.2, 0) is 11.2 Å². The number of hydrogen-bond donors (Lipinski definition) is 2. The van der Waals surface area contributed by atoms with Gasteiger partial charge in [0, 0.05) is 5.92 Å². The van der Waals surface area contributed by atoms with E-state index in [-0.39, 0.29) is 24.5 Å². The van der Waals surface area contributed by atoms with Crippen molar-refractivity contribution in [1.82, 2.24) is 5.32 Å². The van der Waals surface area contributed by atoms with Crippen LogP contribution in [0.15, 0.2) is 43.0 Å². The fourth-order valence-electron chi connectivity index (χ4n) is 1.76. The molecule has 1 aromatic carbocycles. The molecule has 1 amide bonds. The highest BCUT2D eigenvalue weighted by atomic mass is 16.3. The molecule has 98 valence electrons. The summed E-state index contributed by atoms with van der Waals surface area (Å²) in [4.78, 5) is 11.8. The highest BCUT2D eigenvalue weighted by Gasteiger charge is 2.16. The summed E-state index contributed by atoms with van der Waals surface area (Å²) in [5, 5.41) is 12.2. The minimum atomic E-state index is -0.229. The highest BCUT2D eigenvalue weighted by molar-refractivity contribution is 5.78. The number of rotatable bonds is 7. The molecular weight excluding hydrogens is 226 g/mol. The van der Waals surface area contributed by atoms with Crippen molar-refractivity contribution in [3.8, 4) is 0 Å². The van der Waals surface area contributed by atoms with Gasteiger partial charge in [-0.05, 0) is 18.4 Å². The normalized spacial score (nSPS) is 13.7. The number of nitrogens with one attached hydrogen (secondary N) is 1. The summed E-state index contributed by atoms with van der Waals surface area (Å²) in [5.41, 5.74) is 1.10. The van der Waals surface area contributed by atoms with Gasteiger partial charge in [0.2, 0.25) is 5.91 Å². The summed E-state index contributed by atoms with van der Waals surface area (Å²) >= 11 is 0. The summed E-state index contributed by atoms with van der Waals surface area (Å²) in [5.74, 6) is -0.141. The molecule has 0 aromatic heterocycles. The molecule has 0 unspecified atom stereocenters. The van der Waals surface area contributed by atoms with Crippen molar-refractivity contribution in [3.63, 3.8) is 0 Å². The fraction of sp³-hybridized carbons (Fsp3) is 0.400. The molecule has 3 nitrogen and oxygen atoms in total. The topological polar surface area (TPSA) is 49.3 Å². The van der Waals surface area contributed by atoms with Crippen molar-refractivity contribution in [3.05, 3.63) is 48.6 Å². The zero-order chi connectivity index (χ0) is 13.4. The first-order valence-corrected chi connectivity index (χ1v) is 6.23. The molecule has 0 aliphatic carbocycles. The first-order valence-electron chi connectivity index (χ1n) is 6.23. The van der Waals surface area contributed by atoms with Crippen LogP contribution in [0.25, 0.3) is 0 Å². The van der Waals surface area contributed by atoms with E-state index >= 15 is 0 Å². The Kier molecular flexibility index (Phi) is 6.15. The molecule has 0 saturated carbocycles. The van der Waals surface area contributed by atoms with Gasteiger partial charge in [-0.2, -0.15) is 0 Å². The van der Waals surface area contributed by atoms with E-state index in [0.29, 0.717) is 12.8 Å². The van der Waals surface area contributed by atoms with Gasteiger partial charge < -0.3 is 10.4 Å². The van der Waals surface area contributed by atoms with Crippen LogP contribution in [0.2, 0.25) is 0 Å². The molecular formula is C15H21NO2. The number of allylic oxidation sites excluding steroid dienone is 1. The maximum absolute atomic E-state index is 11.8. The van der Waals surface area contributed by atoms with Crippen LogP contribution in [0.5, 0.6) is 0 Å². The zero-order valence-electron chi connectivity index (χ0n) is 10.8. The third kappa shape index (κ3) is 4.72. The summed E-state index contributed by atoms with van der Waals surface area (Å²) in [6.45, 7) is 5.42. The van der Waals surface area contributed by atoms with Gasteiger partial charge in [-0.15, -0.1) is 6.58 Å². The van der Waals surface area contributed by atoms with Crippen LogP contribution < -0.4 is 5.32 Å². The van der Waals surface area contributed by atoms with Gasteiger partial charge in [0.05, 0.1) is 12.6 Å². The number of carbonyl (C=O) groups is 1. The van der Waals surface area contributed by atoms with E-state index in [1.165, 1.54) is 0 Å². The molecule has 0 radical (unpaired) electrons. The molecule has 0 aliphatic rings. The second kappa shape index (κ2) is 7.67. The van der Waals surface area contributed by atoms with Gasteiger partial charge in [-0.1, -0.05) is 43.3 Å². The SMILES string of the molecule is C=CC[C@@H](C)C(=O)N[C@H](CO)Cc1ccccc1. The van der Waals surface area contributed by atoms with E-state index in [2.05, 4.69) is 11.9 Å². The average Bonchev–Trinajstić information content (AvgIpc) is 2.39. The Balaban J connectivity index is 2.52. The number of aliphatic hydroxyl groups is 1. The van der Waals surface area contributed by atoms with Crippen LogP contribution in [0, 0.1) is 5.92 Å². The Hall–Kier alpha value is -1.61. The Bertz CT molecular complexity index is 375. The lowest BCUT2D eigenvalue weighted by Crippen LogP contribution is -2.41. The van der Waals surface area contributed by atoms with Gasteiger partial charge in [0.1, 0.15) is 0 Å². The standard InChI is InChI=1S/C15H21NO2/c1-3-7-12(2)15(18)16-14(11-17)10-13-8-5-4-6-9-13/h3-6,8-9,12,14,17H,1,7,10-11H2,2H3,(H,16,18)/t12-,14+/m1/s1. The maximum atomic E-state index is 11.8. The molecule has 1 aromatic rings. The lowest BCUT2D eigenvalue weighted by atomic mass is 10.0. The van der Waals surface area contributed by atoms with Crippen molar-refractivity contribution < 1.29 is 9.90 Å². The van der Waals surface area contributed by atoms with Crippen LogP contribution in [-0.4, -0.2) is 23.7 Å². The molecule has 3 heteroatoms. The van der Waals surface area contributed by atoms with Crippen molar-refractivity contribution >= 4 is 5.91 Å². The monoisotopic (exact) mass is 247 g/mol. The van der Waals surface area contributed by atoms with Crippen LogP contribution in [0.4, 0.5) is 0 Å². The van der Waals surface area contributed by atoms with E-state index in [1.54, 1.807) is 6.08 Å². The Morgan fingerprint density at radius 2 is 2.11 bits per heavy atom. The quantitative estimate of drug-likeness (QED) is 0.723. The van der Waals surface area contributed by atoms with Gasteiger partial charge in [0.15, 0.2) is 0 Å². The first kappa shape index (κ1) is 14.5. The minimum Gasteiger partial charge on any atom is -0.394 e. The van der Waals surface area contributed by atoms with E-state index in [9.17, 15) is 9.90 Å². The lowest BCUT2D eigenvalue weighted by Gasteiger charge is -2.18. The van der Waals surface area contributed by atoms with E-state index < -0.39 is 0 Å². The molecule has 0 spiro atoms. The average molecular weight is 247 g/mol. The Labute approximate surface area is 109 Å². The number of hydrogen-bond acceptors (Lipinski definition) is 2. The second-order valence-corrected chi connectivity index (χ2v) is 4.50. The summed E-state index contributed by atoms with van der Waals surface area (Å²) in [6, 6.07) is 9.59. The predicted molar refractivity (Wildman–Crippen MR) is 73.1 cm³/mol. The van der Waals surface area contributed by atoms with E-state index in [4.69, 9.17) is 0 Å². The number of carbonyl (C=O) groups excluding carboxylic acids is 1. The largest absolute Gasteiger partial charge is 0.394 e. The predicted octanol–water partition coefficient (Wildman–Crippen LogP) is 1.92. The third-order valence-electron chi connectivity index (χ3n) is 2.86. The summed E-state index contributed by atoms with van der Waals surface area (Å²) in [7, 11) is 0. The lowest BCUT2D eigenvalue weighted by molar-refractivity contribution is -0.125. The molecule has 18 heavy (non-hydrogen) atoms. The summed E-state index contributed by atoms with van der Waals surface area (Å²) < 4.78 is 0. The number of aliphatic hydroxyl groups excluding tert-OH is 1. The van der Waals surface area contributed by atoms with Crippen molar-refractivity contribution in [1.29, 1.82) is 0 Å². The number of amides is 1. The highest BCUT2D eigenvalue weighted by Crippen LogP contribution is 2.06. The molecule has 1 rings (SSSR count). The van der Waals surface area contributed by atoms with Crippen LogP contribution in [0.3, 0.4) is 0 Å². The smallest absolute Gasteiger partial charge is 0.223 e. The van der Waals surface area contributed by atoms with Gasteiger partial charge >= 0.3 is 0 Å². The van der Waals surface area contributed by atoms with Crippen molar-refractivity contribution in [2.75, 3.05) is 6.61 Å².